The monoisotopic (exact) mass is 499 g/mol. The van der Waals surface area contributed by atoms with Gasteiger partial charge in [-0.25, -0.2) is 0 Å². The van der Waals surface area contributed by atoms with Gasteiger partial charge in [0.2, 0.25) is 0 Å². The van der Waals surface area contributed by atoms with Crippen molar-refractivity contribution >= 4 is 17.6 Å². The molecule has 0 saturated heterocycles. The lowest BCUT2D eigenvalue weighted by Crippen LogP contribution is -2.38. The Balaban J connectivity index is 1.54. The molecule has 0 aliphatic heterocycles. The number of carboxylic acids is 1. The van der Waals surface area contributed by atoms with Crippen molar-refractivity contribution < 1.29 is 19.9 Å². The third kappa shape index (κ3) is 6.42. The van der Waals surface area contributed by atoms with E-state index in [1.54, 1.807) is 6.20 Å². The van der Waals surface area contributed by atoms with E-state index < -0.39 is 5.97 Å². The number of carbonyl (C=O) groups is 2. The number of nitrogens with one attached hydrogen (secondary N) is 1. The molecule has 1 aliphatic rings. The third-order valence-electron chi connectivity index (χ3n) is 7.30. The van der Waals surface area contributed by atoms with Crippen LogP contribution in [0, 0.1) is 19.8 Å². The van der Waals surface area contributed by atoms with Gasteiger partial charge >= 0.3 is 5.97 Å². The number of carboxylic acid groups (broad SMARTS) is 1. The molecule has 7 heteroatoms. The Kier molecular flexibility index (Phi) is 8.33. The molecule has 1 aromatic heterocycles. The number of rotatable bonds is 8. The molecule has 4 rings (SSSR count). The summed E-state index contributed by atoms with van der Waals surface area (Å²) in [5.74, 6) is -1.29. The van der Waals surface area contributed by atoms with Crippen LogP contribution in [0.4, 0.5) is 0 Å². The lowest BCUT2D eigenvalue weighted by Gasteiger charge is -2.27. The number of aromatic nitrogens is 1. The number of amides is 1. The second-order valence-corrected chi connectivity index (χ2v) is 9.83. The molecule has 0 spiro atoms. The van der Waals surface area contributed by atoms with Crippen molar-refractivity contribution in [2.75, 3.05) is 0 Å². The highest BCUT2D eigenvalue weighted by atomic mass is 16.4. The highest BCUT2D eigenvalue weighted by molar-refractivity contribution is 6.01. The van der Waals surface area contributed by atoms with Crippen LogP contribution in [0.25, 0.3) is 0 Å². The molecule has 1 heterocycles. The number of pyridine rings is 1. The Morgan fingerprint density at radius 1 is 1.00 bits per heavy atom. The Morgan fingerprint density at radius 3 is 2.32 bits per heavy atom. The summed E-state index contributed by atoms with van der Waals surface area (Å²) in [6, 6.07) is 19.5. The zero-order valence-electron chi connectivity index (χ0n) is 21.2. The maximum atomic E-state index is 12.9. The molecule has 1 fully saturated rings. The molecule has 1 amide bonds. The largest absolute Gasteiger partial charge is 0.481 e. The van der Waals surface area contributed by atoms with Crippen molar-refractivity contribution in [2.24, 2.45) is 11.1 Å². The van der Waals surface area contributed by atoms with E-state index in [9.17, 15) is 19.9 Å². The van der Waals surface area contributed by atoms with Gasteiger partial charge in [-0.1, -0.05) is 41.6 Å². The Labute approximate surface area is 217 Å². The molecule has 0 radical (unpaired) electrons. The minimum absolute atomic E-state index is 0.00497. The van der Waals surface area contributed by atoms with Crippen LogP contribution in [0.2, 0.25) is 0 Å². The highest BCUT2D eigenvalue weighted by Gasteiger charge is 2.27. The molecular weight excluding hydrogens is 466 g/mol. The summed E-state index contributed by atoms with van der Waals surface area (Å²) < 4.78 is 0. The van der Waals surface area contributed by atoms with Gasteiger partial charge in [0.1, 0.15) is 0 Å². The number of oxime groups is 1. The number of aryl methyl sites for hydroxylation is 2. The number of carbonyl (C=O) groups excluding carboxylic acids is 1. The lowest BCUT2D eigenvalue weighted by atomic mass is 9.83. The van der Waals surface area contributed by atoms with E-state index >= 15 is 0 Å². The predicted octanol–water partition coefficient (Wildman–Crippen LogP) is 5.47. The number of aliphatic carboxylic acids is 1. The van der Waals surface area contributed by atoms with Crippen LogP contribution in [-0.2, 0) is 4.79 Å². The van der Waals surface area contributed by atoms with Crippen LogP contribution in [0.1, 0.15) is 76.3 Å². The molecule has 1 saturated carbocycles. The van der Waals surface area contributed by atoms with Gasteiger partial charge in [-0.2, -0.15) is 0 Å². The Morgan fingerprint density at radius 2 is 1.70 bits per heavy atom. The fourth-order valence-corrected chi connectivity index (χ4v) is 5.14. The van der Waals surface area contributed by atoms with Gasteiger partial charge in [0, 0.05) is 41.4 Å². The number of benzene rings is 2. The summed E-state index contributed by atoms with van der Waals surface area (Å²) in [6.45, 7) is 3.97. The summed E-state index contributed by atoms with van der Waals surface area (Å²) in [4.78, 5) is 28.3. The molecule has 2 aromatic carbocycles. The van der Waals surface area contributed by atoms with Crippen molar-refractivity contribution in [2.45, 2.75) is 57.9 Å². The highest BCUT2D eigenvalue weighted by Crippen LogP contribution is 2.32. The molecule has 192 valence electrons. The second-order valence-electron chi connectivity index (χ2n) is 9.83. The lowest BCUT2D eigenvalue weighted by molar-refractivity contribution is -0.142. The summed E-state index contributed by atoms with van der Waals surface area (Å²) in [7, 11) is 0. The molecule has 3 N–H and O–H groups in total. The Hall–Kier alpha value is -4.00. The first-order chi connectivity index (χ1) is 17.9. The van der Waals surface area contributed by atoms with Gasteiger partial charge in [0.15, 0.2) is 0 Å². The van der Waals surface area contributed by atoms with E-state index in [2.05, 4.69) is 34.5 Å². The fraction of sp³-hybridized carbons (Fsp3) is 0.333. The van der Waals surface area contributed by atoms with Crippen molar-refractivity contribution in [3.63, 3.8) is 0 Å². The molecule has 37 heavy (non-hydrogen) atoms. The summed E-state index contributed by atoms with van der Waals surface area (Å²) in [6.07, 6.45) is 4.71. The van der Waals surface area contributed by atoms with E-state index in [1.807, 2.05) is 55.5 Å². The van der Waals surface area contributed by atoms with E-state index in [-0.39, 0.29) is 23.8 Å². The van der Waals surface area contributed by atoms with Crippen molar-refractivity contribution in [1.29, 1.82) is 0 Å². The van der Waals surface area contributed by atoms with Gasteiger partial charge in [-0.3, -0.25) is 14.6 Å². The first-order valence-electron chi connectivity index (χ1n) is 12.7. The molecule has 7 nitrogen and oxygen atoms in total. The van der Waals surface area contributed by atoms with Crippen LogP contribution < -0.4 is 5.32 Å². The predicted molar refractivity (Wildman–Crippen MR) is 142 cm³/mol. The molecule has 1 atom stereocenters. The fourth-order valence-electron chi connectivity index (χ4n) is 5.14. The minimum atomic E-state index is -0.753. The smallest absolute Gasteiger partial charge is 0.306 e. The SMILES string of the molecule is Cc1cc(/C(C[C@H](c2ccc(C(=O)N[C@H]3CC[C@H](C(=O)O)CC3)cc2)c2ccccc2C)=N/O)ccn1. The van der Waals surface area contributed by atoms with Crippen molar-refractivity contribution in [3.05, 3.63) is 100 Å². The molecular formula is C30H33N3O4. The van der Waals surface area contributed by atoms with Crippen molar-refractivity contribution in [3.8, 4) is 0 Å². The standard InChI is InChI=1S/C30H33N3O4/c1-19-5-3-4-6-26(19)27(18-28(33-37)24-15-16-31-20(2)17-24)21-7-9-22(10-8-21)29(34)32-25-13-11-23(12-14-25)30(35)36/h3-10,15-17,23,25,27,37H,11-14,18H2,1-2H3,(H,32,34)(H,35,36)/b33-28+/t23-,25-,27-/m1/s1. The van der Waals surface area contributed by atoms with Gasteiger partial charge < -0.3 is 15.6 Å². The van der Waals surface area contributed by atoms with E-state index in [1.165, 1.54) is 0 Å². The first kappa shape index (κ1) is 26.1. The van der Waals surface area contributed by atoms with Crippen LogP contribution in [0.15, 0.2) is 72.0 Å². The Bertz CT molecular complexity index is 1280. The van der Waals surface area contributed by atoms with Gasteiger partial charge in [0.25, 0.3) is 5.91 Å². The average Bonchev–Trinajstić information content (AvgIpc) is 2.90. The summed E-state index contributed by atoms with van der Waals surface area (Å²) in [5, 5.41) is 25.8. The van der Waals surface area contributed by atoms with Crippen LogP contribution in [0.5, 0.6) is 0 Å². The minimum Gasteiger partial charge on any atom is -0.481 e. The molecule has 3 aromatic rings. The van der Waals surface area contributed by atoms with Gasteiger partial charge in [0.05, 0.1) is 11.6 Å². The quantitative estimate of drug-likeness (QED) is 0.216. The average molecular weight is 500 g/mol. The van der Waals surface area contributed by atoms with E-state index in [4.69, 9.17) is 0 Å². The van der Waals surface area contributed by atoms with Gasteiger partial charge in [-0.15, -0.1) is 0 Å². The third-order valence-corrected chi connectivity index (χ3v) is 7.30. The van der Waals surface area contributed by atoms with E-state index in [0.717, 1.165) is 27.9 Å². The maximum Gasteiger partial charge on any atom is 0.306 e. The molecule has 0 bridgehead atoms. The van der Waals surface area contributed by atoms with Gasteiger partial charge in [-0.05, 0) is 80.5 Å². The zero-order valence-corrected chi connectivity index (χ0v) is 21.2. The molecule has 1 aliphatic carbocycles. The second kappa shape index (κ2) is 11.8. The maximum absolute atomic E-state index is 12.9. The summed E-state index contributed by atoms with van der Waals surface area (Å²) in [5.41, 5.74) is 6.07. The van der Waals surface area contributed by atoms with E-state index in [0.29, 0.717) is 43.4 Å². The first-order valence-corrected chi connectivity index (χ1v) is 12.7. The normalized spacial score (nSPS) is 18.7. The molecule has 0 unspecified atom stereocenters. The van der Waals surface area contributed by atoms with Crippen LogP contribution in [-0.4, -0.2) is 38.9 Å². The zero-order chi connectivity index (χ0) is 26.4. The van der Waals surface area contributed by atoms with Crippen LogP contribution in [0.3, 0.4) is 0 Å². The number of hydrogen-bond acceptors (Lipinski definition) is 5. The topological polar surface area (TPSA) is 112 Å². The van der Waals surface area contributed by atoms with Crippen molar-refractivity contribution in [1.82, 2.24) is 10.3 Å². The number of hydrogen-bond donors (Lipinski definition) is 3. The number of nitrogens with zero attached hydrogens (tertiary/aromatic N) is 2. The summed E-state index contributed by atoms with van der Waals surface area (Å²) >= 11 is 0. The van der Waals surface area contributed by atoms with Crippen LogP contribution >= 0.6 is 0 Å².